The fourth-order valence-electron chi connectivity index (χ4n) is 3.01. The molecule has 0 aliphatic carbocycles. The van der Waals surface area contributed by atoms with Crippen LogP contribution in [-0.2, 0) is 9.59 Å². The van der Waals surface area contributed by atoms with Crippen LogP contribution in [0.3, 0.4) is 0 Å². The molecule has 1 fully saturated rings. The van der Waals surface area contributed by atoms with Gasteiger partial charge in [-0.1, -0.05) is 24.3 Å². The predicted octanol–water partition coefficient (Wildman–Crippen LogP) is 2.56. The van der Waals surface area contributed by atoms with Gasteiger partial charge in [-0.2, -0.15) is 0 Å². The highest BCUT2D eigenvalue weighted by molar-refractivity contribution is 5.81. The minimum absolute atomic E-state index is 0.0454. The Hall–Kier alpha value is -1.84. The first kappa shape index (κ1) is 14.6. The lowest BCUT2D eigenvalue weighted by atomic mass is 9.93. The maximum atomic E-state index is 12.1. The largest absolute Gasteiger partial charge is 0.481 e. The topological polar surface area (TPSA) is 57.6 Å². The van der Waals surface area contributed by atoms with Crippen molar-refractivity contribution >= 4 is 11.9 Å². The summed E-state index contributed by atoms with van der Waals surface area (Å²) in [6.07, 6.45) is 0.959. The van der Waals surface area contributed by atoms with E-state index in [2.05, 4.69) is 19.1 Å². The summed E-state index contributed by atoms with van der Waals surface area (Å²) in [5.74, 6) is -0.600. The summed E-state index contributed by atoms with van der Waals surface area (Å²) < 4.78 is 0. The van der Waals surface area contributed by atoms with Gasteiger partial charge in [0.1, 0.15) is 0 Å². The SMILES string of the molecule is Cc1ccccc1C1CC(C)N(C(=O)CCC(=O)O)C1. The molecule has 1 heterocycles. The number of carbonyl (C=O) groups is 2. The minimum atomic E-state index is -0.916. The zero-order valence-corrected chi connectivity index (χ0v) is 12.0. The van der Waals surface area contributed by atoms with Crippen LogP contribution < -0.4 is 0 Å². The summed E-state index contributed by atoms with van der Waals surface area (Å²) in [6, 6.07) is 8.45. The Bertz CT molecular complexity index is 512. The van der Waals surface area contributed by atoms with Gasteiger partial charge >= 0.3 is 5.97 Å². The molecule has 0 spiro atoms. The van der Waals surface area contributed by atoms with E-state index in [1.807, 2.05) is 24.0 Å². The van der Waals surface area contributed by atoms with Gasteiger partial charge in [-0.15, -0.1) is 0 Å². The van der Waals surface area contributed by atoms with E-state index in [-0.39, 0.29) is 24.8 Å². The van der Waals surface area contributed by atoms with Gasteiger partial charge in [0.2, 0.25) is 5.91 Å². The third kappa shape index (κ3) is 3.18. The zero-order chi connectivity index (χ0) is 14.7. The molecule has 20 heavy (non-hydrogen) atoms. The number of carbonyl (C=O) groups excluding carboxylic acids is 1. The van der Waals surface area contributed by atoms with Gasteiger partial charge in [0.15, 0.2) is 0 Å². The smallest absolute Gasteiger partial charge is 0.303 e. The van der Waals surface area contributed by atoms with E-state index in [1.165, 1.54) is 11.1 Å². The third-order valence-electron chi connectivity index (χ3n) is 4.08. The second-order valence-electron chi connectivity index (χ2n) is 5.58. The third-order valence-corrected chi connectivity index (χ3v) is 4.08. The van der Waals surface area contributed by atoms with Gasteiger partial charge in [0.25, 0.3) is 0 Å². The molecular formula is C16H21NO3. The van der Waals surface area contributed by atoms with E-state index in [0.717, 1.165) is 6.42 Å². The standard InChI is InChI=1S/C16H21NO3/c1-11-5-3-4-6-14(11)13-9-12(2)17(10-13)15(18)7-8-16(19)20/h3-6,12-13H,7-10H2,1-2H3,(H,19,20). The van der Waals surface area contributed by atoms with E-state index < -0.39 is 5.97 Å². The Kier molecular flexibility index (Phi) is 4.42. The Balaban J connectivity index is 2.04. The molecule has 4 nitrogen and oxygen atoms in total. The van der Waals surface area contributed by atoms with Crippen LogP contribution in [0.1, 0.15) is 43.2 Å². The summed E-state index contributed by atoms with van der Waals surface area (Å²) in [6.45, 7) is 4.83. The molecule has 4 heteroatoms. The van der Waals surface area contributed by atoms with Crippen LogP contribution in [0.15, 0.2) is 24.3 Å². The number of rotatable bonds is 4. The van der Waals surface area contributed by atoms with E-state index in [4.69, 9.17) is 5.11 Å². The summed E-state index contributed by atoms with van der Waals surface area (Å²) >= 11 is 0. The number of aryl methyl sites for hydroxylation is 1. The lowest BCUT2D eigenvalue weighted by molar-refractivity contribution is -0.141. The van der Waals surface area contributed by atoms with Gasteiger partial charge in [0.05, 0.1) is 6.42 Å². The molecule has 0 aromatic heterocycles. The molecule has 1 amide bonds. The number of hydrogen-bond acceptors (Lipinski definition) is 2. The van der Waals surface area contributed by atoms with Crippen molar-refractivity contribution in [2.45, 2.75) is 45.1 Å². The molecule has 2 rings (SSSR count). The van der Waals surface area contributed by atoms with Crippen LogP contribution >= 0.6 is 0 Å². The van der Waals surface area contributed by atoms with Crippen molar-refractivity contribution in [1.82, 2.24) is 4.90 Å². The van der Waals surface area contributed by atoms with E-state index in [0.29, 0.717) is 12.5 Å². The molecule has 2 unspecified atom stereocenters. The van der Waals surface area contributed by atoms with Crippen LogP contribution in [-0.4, -0.2) is 34.5 Å². The molecule has 1 N–H and O–H groups in total. The predicted molar refractivity (Wildman–Crippen MR) is 76.6 cm³/mol. The highest BCUT2D eigenvalue weighted by atomic mass is 16.4. The molecule has 0 bridgehead atoms. The quantitative estimate of drug-likeness (QED) is 0.918. The van der Waals surface area contributed by atoms with Gasteiger partial charge in [0, 0.05) is 24.9 Å². The molecule has 0 radical (unpaired) electrons. The van der Waals surface area contributed by atoms with Crippen molar-refractivity contribution in [3.05, 3.63) is 35.4 Å². The Morgan fingerprint density at radius 1 is 1.30 bits per heavy atom. The monoisotopic (exact) mass is 275 g/mol. The number of carboxylic acids is 1. The summed E-state index contributed by atoms with van der Waals surface area (Å²) in [4.78, 5) is 24.5. The molecule has 1 aliphatic rings. The van der Waals surface area contributed by atoms with E-state index in [1.54, 1.807) is 0 Å². The molecule has 1 aliphatic heterocycles. The maximum absolute atomic E-state index is 12.1. The molecule has 0 saturated carbocycles. The van der Waals surface area contributed by atoms with Gasteiger partial charge < -0.3 is 10.0 Å². The molecule has 108 valence electrons. The van der Waals surface area contributed by atoms with Crippen LogP contribution in [0.25, 0.3) is 0 Å². The minimum Gasteiger partial charge on any atom is -0.481 e. The summed E-state index contributed by atoms with van der Waals surface area (Å²) in [7, 11) is 0. The molecule has 2 atom stereocenters. The fourth-order valence-corrected chi connectivity index (χ4v) is 3.01. The summed E-state index contributed by atoms with van der Waals surface area (Å²) in [5.41, 5.74) is 2.55. The van der Waals surface area contributed by atoms with Crippen molar-refractivity contribution < 1.29 is 14.7 Å². The van der Waals surface area contributed by atoms with Crippen LogP contribution in [0.5, 0.6) is 0 Å². The van der Waals surface area contributed by atoms with E-state index >= 15 is 0 Å². The number of likely N-dealkylation sites (tertiary alicyclic amines) is 1. The number of hydrogen-bond donors (Lipinski definition) is 1. The first-order valence-corrected chi connectivity index (χ1v) is 7.06. The lowest BCUT2D eigenvalue weighted by Gasteiger charge is -2.21. The molecule has 1 aromatic carbocycles. The first-order valence-electron chi connectivity index (χ1n) is 7.06. The second-order valence-corrected chi connectivity index (χ2v) is 5.58. The lowest BCUT2D eigenvalue weighted by Crippen LogP contribution is -2.34. The van der Waals surface area contributed by atoms with Crippen molar-refractivity contribution in [2.75, 3.05) is 6.54 Å². The average Bonchev–Trinajstić information content (AvgIpc) is 2.78. The Labute approximate surface area is 119 Å². The number of nitrogens with zero attached hydrogens (tertiary/aromatic N) is 1. The average molecular weight is 275 g/mol. The van der Waals surface area contributed by atoms with Crippen LogP contribution in [0, 0.1) is 6.92 Å². The number of carboxylic acid groups (broad SMARTS) is 1. The molecular weight excluding hydrogens is 254 g/mol. The first-order chi connectivity index (χ1) is 9.49. The van der Waals surface area contributed by atoms with Crippen molar-refractivity contribution in [3.8, 4) is 0 Å². The normalized spacial score (nSPS) is 22.0. The van der Waals surface area contributed by atoms with Gasteiger partial charge in [-0.05, 0) is 31.4 Å². The van der Waals surface area contributed by atoms with Crippen molar-refractivity contribution in [2.24, 2.45) is 0 Å². The van der Waals surface area contributed by atoms with Crippen molar-refractivity contribution in [3.63, 3.8) is 0 Å². The fraction of sp³-hybridized carbons (Fsp3) is 0.500. The molecule has 1 aromatic rings. The highest BCUT2D eigenvalue weighted by Crippen LogP contribution is 2.33. The van der Waals surface area contributed by atoms with Gasteiger partial charge in [-0.25, -0.2) is 0 Å². The molecule has 1 saturated heterocycles. The maximum Gasteiger partial charge on any atom is 0.303 e. The second kappa shape index (κ2) is 6.07. The number of aliphatic carboxylic acids is 1. The Morgan fingerprint density at radius 2 is 2.00 bits per heavy atom. The van der Waals surface area contributed by atoms with E-state index in [9.17, 15) is 9.59 Å². The van der Waals surface area contributed by atoms with Gasteiger partial charge in [-0.3, -0.25) is 9.59 Å². The summed E-state index contributed by atoms with van der Waals surface area (Å²) in [5, 5.41) is 8.67. The van der Waals surface area contributed by atoms with Crippen LogP contribution in [0.2, 0.25) is 0 Å². The number of amides is 1. The zero-order valence-electron chi connectivity index (χ0n) is 12.0. The van der Waals surface area contributed by atoms with Crippen molar-refractivity contribution in [1.29, 1.82) is 0 Å². The Morgan fingerprint density at radius 3 is 2.65 bits per heavy atom. The van der Waals surface area contributed by atoms with Crippen LogP contribution in [0.4, 0.5) is 0 Å². The highest BCUT2D eigenvalue weighted by Gasteiger charge is 2.33. The number of benzene rings is 1.